The lowest BCUT2D eigenvalue weighted by Gasteiger charge is -2.31. The number of Topliss-reactive ketones (excluding diaryl/α,β-unsaturated/α-hetero) is 1. The molecule has 29 heavy (non-hydrogen) atoms. The first-order valence-electron chi connectivity index (χ1n) is 9.34. The van der Waals surface area contributed by atoms with E-state index in [-0.39, 0.29) is 11.9 Å². The van der Waals surface area contributed by atoms with Crippen molar-refractivity contribution in [3.8, 4) is 28.7 Å². The molecule has 0 N–H and O–H groups in total. The molecule has 3 aliphatic heterocycles. The molecule has 6 heteroatoms. The number of methoxy groups -OCH3 is 2. The van der Waals surface area contributed by atoms with Gasteiger partial charge in [-0.2, -0.15) is 0 Å². The van der Waals surface area contributed by atoms with Gasteiger partial charge < -0.3 is 23.7 Å². The highest BCUT2D eigenvalue weighted by atomic mass is 16.5. The summed E-state index contributed by atoms with van der Waals surface area (Å²) in [5, 5.41) is 0. The van der Waals surface area contributed by atoms with Crippen LogP contribution in [0.5, 0.6) is 28.7 Å². The SMILES string of the molecule is C=C(C)[C@H]1Cc2c(ccc3c2OC2=COc4cc(OC)c(OC)cc4[C@@H]2C3=O)O1. The molecule has 2 aromatic rings. The minimum absolute atomic E-state index is 0.0455. The van der Waals surface area contributed by atoms with E-state index >= 15 is 0 Å². The van der Waals surface area contributed by atoms with Gasteiger partial charge in [-0.15, -0.1) is 0 Å². The summed E-state index contributed by atoms with van der Waals surface area (Å²) in [7, 11) is 3.11. The van der Waals surface area contributed by atoms with Crippen LogP contribution >= 0.6 is 0 Å². The van der Waals surface area contributed by atoms with Crippen molar-refractivity contribution in [2.75, 3.05) is 14.2 Å². The predicted octanol–water partition coefficient (Wildman–Crippen LogP) is 4.18. The fraction of sp³-hybridized carbons (Fsp3) is 0.261. The maximum atomic E-state index is 13.5. The molecular weight excluding hydrogens is 372 g/mol. The van der Waals surface area contributed by atoms with E-state index in [1.165, 1.54) is 6.26 Å². The molecule has 6 nitrogen and oxygen atoms in total. The fourth-order valence-electron chi connectivity index (χ4n) is 4.05. The molecule has 3 heterocycles. The van der Waals surface area contributed by atoms with Crippen molar-refractivity contribution >= 4 is 5.78 Å². The van der Waals surface area contributed by atoms with Crippen molar-refractivity contribution in [2.45, 2.75) is 25.4 Å². The highest BCUT2D eigenvalue weighted by Gasteiger charge is 2.42. The van der Waals surface area contributed by atoms with Crippen molar-refractivity contribution in [3.05, 3.63) is 65.1 Å². The van der Waals surface area contributed by atoms with Gasteiger partial charge in [-0.1, -0.05) is 6.58 Å². The predicted molar refractivity (Wildman–Crippen MR) is 105 cm³/mol. The molecule has 0 fully saturated rings. The standard InChI is InChI=1S/C23H20O6/c1-11(2)16-8-14-15(28-16)6-5-12-22(24)21-13-7-18(25-3)19(26-4)9-17(13)27-10-20(21)29-23(12)14/h5-7,9-10,16,21H,1,8H2,2-4H3/t16-,21+/m1/s1. The number of rotatable bonds is 3. The average Bonchev–Trinajstić information content (AvgIpc) is 3.17. The van der Waals surface area contributed by atoms with Crippen molar-refractivity contribution in [2.24, 2.45) is 0 Å². The molecule has 0 radical (unpaired) electrons. The van der Waals surface area contributed by atoms with Crippen LogP contribution in [-0.4, -0.2) is 26.1 Å². The van der Waals surface area contributed by atoms with Crippen LogP contribution in [0.1, 0.15) is 34.3 Å². The molecule has 2 atom stereocenters. The van der Waals surface area contributed by atoms with Gasteiger partial charge in [0.25, 0.3) is 0 Å². The molecule has 0 aliphatic carbocycles. The number of hydrogen-bond acceptors (Lipinski definition) is 6. The number of benzene rings is 2. The Morgan fingerprint density at radius 3 is 2.62 bits per heavy atom. The van der Waals surface area contributed by atoms with E-state index in [9.17, 15) is 4.79 Å². The molecule has 0 aromatic heterocycles. The third kappa shape index (κ3) is 2.52. The summed E-state index contributed by atoms with van der Waals surface area (Å²) in [6, 6.07) is 7.09. The minimum atomic E-state index is -0.594. The quantitative estimate of drug-likeness (QED) is 0.731. The number of allylic oxidation sites excluding steroid dienone is 1. The first-order chi connectivity index (χ1) is 14.0. The number of carbonyl (C=O) groups excluding carboxylic acids is 1. The highest BCUT2D eigenvalue weighted by Crippen LogP contribution is 2.50. The molecule has 0 saturated heterocycles. The maximum Gasteiger partial charge on any atom is 0.181 e. The number of ketones is 1. The van der Waals surface area contributed by atoms with Crippen molar-refractivity contribution in [1.29, 1.82) is 0 Å². The number of ether oxygens (including phenoxy) is 5. The Labute approximate surface area is 168 Å². The summed E-state index contributed by atoms with van der Waals surface area (Å²) in [4.78, 5) is 13.5. The van der Waals surface area contributed by atoms with E-state index in [0.29, 0.717) is 46.3 Å². The molecular formula is C23H20O6. The van der Waals surface area contributed by atoms with Crippen LogP contribution in [0.2, 0.25) is 0 Å². The van der Waals surface area contributed by atoms with Gasteiger partial charge in [0.05, 0.1) is 19.8 Å². The Morgan fingerprint density at radius 2 is 1.90 bits per heavy atom. The lowest BCUT2D eigenvalue weighted by molar-refractivity contribution is 0.0926. The zero-order valence-electron chi connectivity index (χ0n) is 16.4. The topological polar surface area (TPSA) is 63.2 Å². The summed E-state index contributed by atoms with van der Waals surface area (Å²) in [5.74, 6) is 2.70. The fourth-order valence-corrected chi connectivity index (χ4v) is 4.05. The molecule has 148 valence electrons. The monoisotopic (exact) mass is 392 g/mol. The lowest BCUT2D eigenvalue weighted by atomic mass is 9.84. The van der Waals surface area contributed by atoms with Gasteiger partial charge in [0.1, 0.15) is 35.5 Å². The minimum Gasteiger partial charge on any atom is -0.493 e. The molecule has 2 aromatic carbocycles. The first kappa shape index (κ1) is 17.7. The molecule has 3 aliphatic rings. The number of fused-ring (bicyclic) bond motifs is 6. The number of hydrogen-bond donors (Lipinski definition) is 0. The van der Waals surface area contributed by atoms with E-state index in [2.05, 4.69) is 6.58 Å². The summed E-state index contributed by atoms with van der Waals surface area (Å²) >= 11 is 0. The molecule has 5 rings (SSSR count). The van der Waals surface area contributed by atoms with Gasteiger partial charge in [0, 0.05) is 23.6 Å². The Hall–Kier alpha value is -3.41. The van der Waals surface area contributed by atoms with E-state index in [4.69, 9.17) is 23.7 Å². The highest BCUT2D eigenvalue weighted by molar-refractivity contribution is 6.07. The van der Waals surface area contributed by atoms with Gasteiger partial charge >= 0.3 is 0 Å². The first-order valence-corrected chi connectivity index (χ1v) is 9.34. The average molecular weight is 392 g/mol. The summed E-state index contributed by atoms with van der Waals surface area (Å²) in [6.45, 7) is 5.91. The summed E-state index contributed by atoms with van der Waals surface area (Å²) in [6.07, 6.45) is 2.01. The van der Waals surface area contributed by atoms with E-state index < -0.39 is 5.92 Å². The van der Waals surface area contributed by atoms with Crippen LogP contribution in [0.3, 0.4) is 0 Å². The second kappa shape index (κ2) is 6.30. The number of carbonyl (C=O) groups is 1. The third-order valence-corrected chi connectivity index (χ3v) is 5.59. The zero-order chi connectivity index (χ0) is 20.3. The Balaban J connectivity index is 1.60. The maximum absolute atomic E-state index is 13.5. The Morgan fingerprint density at radius 1 is 1.14 bits per heavy atom. The molecule has 0 saturated carbocycles. The third-order valence-electron chi connectivity index (χ3n) is 5.59. The smallest absolute Gasteiger partial charge is 0.181 e. The normalized spacial score (nSPS) is 20.7. The van der Waals surface area contributed by atoms with Crippen molar-refractivity contribution in [3.63, 3.8) is 0 Å². The van der Waals surface area contributed by atoms with Crippen LogP contribution in [0.15, 0.2) is 48.4 Å². The second-order valence-electron chi connectivity index (χ2n) is 7.36. The Bertz CT molecular complexity index is 1100. The van der Waals surface area contributed by atoms with Gasteiger partial charge in [-0.25, -0.2) is 0 Å². The zero-order valence-corrected chi connectivity index (χ0v) is 16.4. The molecule has 0 bridgehead atoms. The molecule has 0 unspecified atom stereocenters. The van der Waals surface area contributed by atoms with Crippen molar-refractivity contribution in [1.82, 2.24) is 0 Å². The van der Waals surface area contributed by atoms with Crippen LogP contribution in [0.25, 0.3) is 0 Å². The van der Waals surface area contributed by atoms with E-state index in [0.717, 1.165) is 16.9 Å². The van der Waals surface area contributed by atoms with E-state index in [1.54, 1.807) is 32.4 Å². The van der Waals surface area contributed by atoms with Gasteiger partial charge in [-0.3, -0.25) is 4.79 Å². The van der Waals surface area contributed by atoms with Gasteiger partial charge in [0.15, 0.2) is 23.0 Å². The summed E-state index contributed by atoms with van der Waals surface area (Å²) in [5.41, 5.74) is 3.05. The second-order valence-corrected chi connectivity index (χ2v) is 7.36. The van der Waals surface area contributed by atoms with Crippen LogP contribution in [0.4, 0.5) is 0 Å². The molecule has 0 spiro atoms. The van der Waals surface area contributed by atoms with Crippen LogP contribution < -0.4 is 23.7 Å². The van der Waals surface area contributed by atoms with Crippen LogP contribution in [-0.2, 0) is 6.42 Å². The van der Waals surface area contributed by atoms with Crippen molar-refractivity contribution < 1.29 is 28.5 Å². The van der Waals surface area contributed by atoms with Gasteiger partial charge in [-0.05, 0) is 30.7 Å². The lowest BCUT2D eigenvalue weighted by Crippen LogP contribution is -2.28. The van der Waals surface area contributed by atoms with Crippen LogP contribution in [0, 0.1) is 0 Å². The summed E-state index contributed by atoms with van der Waals surface area (Å²) < 4.78 is 28.6. The van der Waals surface area contributed by atoms with E-state index in [1.807, 2.05) is 13.0 Å². The molecule has 0 amide bonds. The largest absolute Gasteiger partial charge is 0.493 e. The van der Waals surface area contributed by atoms with Gasteiger partial charge in [0.2, 0.25) is 0 Å². The Kier molecular flexibility index (Phi) is 3.84.